The summed E-state index contributed by atoms with van der Waals surface area (Å²) >= 11 is 0. The summed E-state index contributed by atoms with van der Waals surface area (Å²) in [5.74, 6) is 0.222. The molecule has 0 bridgehead atoms. The lowest BCUT2D eigenvalue weighted by molar-refractivity contribution is 0.103. The molecule has 0 atom stereocenters. The first-order valence-corrected chi connectivity index (χ1v) is 6.97. The maximum Gasteiger partial charge on any atom is 0.193 e. The Bertz CT molecular complexity index is 868. The van der Waals surface area contributed by atoms with E-state index in [-0.39, 0.29) is 11.6 Å². The van der Waals surface area contributed by atoms with E-state index in [1.807, 2.05) is 30.3 Å². The van der Waals surface area contributed by atoms with E-state index < -0.39 is 0 Å². The molecular formula is C19H15FO2. The first-order chi connectivity index (χ1) is 10.6. The number of ether oxygens (including phenoxy) is 1. The number of ketones is 1. The molecule has 110 valence electrons. The molecular weight excluding hydrogens is 279 g/mol. The molecule has 0 amide bonds. The Morgan fingerprint density at radius 3 is 2.27 bits per heavy atom. The Balaban J connectivity index is 2.02. The van der Waals surface area contributed by atoms with E-state index in [9.17, 15) is 9.18 Å². The number of methoxy groups -OCH3 is 1. The van der Waals surface area contributed by atoms with Gasteiger partial charge in [0.05, 0.1) is 7.11 Å². The van der Waals surface area contributed by atoms with Crippen LogP contribution in [0.25, 0.3) is 10.8 Å². The number of hydrogen-bond donors (Lipinski definition) is 0. The number of carbonyl (C=O) groups excluding carboxylic acids is 1. The van der Waals surface area contributed by atoms with Crippen molar-refractivity contribution >= 4 is 16.6 Å². The highest BCUT2D eigenvalue weighted by Crippen LogP contribution is 2.23. The number of halogens is 1. The molecule has 0 N–H and O–H groups in total. The third-order valence-corrected chi connectivity index (χ3v) is 3.74. The summed E-state index contributed by atoms with van der Waals surface area (Å²) in [6.45, 7) is 1.67. The van der Waals surface area contributed by atoms with Crippen LogP contribution >= 0.6 is 0 Å². The molecule has 0 aromatic heterocycles. The third-order valence-electron chi connectivity index (χ3n) is 3.74. The summed E-state index contributed by atoms with van der Waals surface area (Å²) < 4.78 is 18.8. The summed E-state index contributed by atoms with van der Waals surface area (Å²) in [4.78, 5) is 12.5. The van der Waals surface area contributed by atoms with E-state index in [2.05, 4.69) is 0 Å². The second-order valence-corrected chi connectivity index (χ2v) is 5.22. The monoisotopic (exact) mass is 294 g/mol. The van der Waals surface area contributed by atoms with Crippen LogP contribution in [0, 0.1) is 12.7 Å². The fourth-order valence-electron chi connectivity index (χ4n) is 2.39. The maximum atomic E-state index is 13.6. The van der Waals surface area contributed by atoms with E-state index in [4.69, 9.17) is 4.74 Å². The Hall–Kier alpha value is -2.68. The molecule has 2 nitrogen and oxygen atoms in total. The minimum atomic E-state index is -0.364. The molecule has 3 aromatic rings. The van der Waals surface area contributed by atoms with Gasteiger partial charge in [-0.1, -0.05) is 30.3 Å². The van der Waals surface area contributed by atoms with Crippen molar-refractivity contribution in [2.24, 2.45) is 0 Å². The maximum absolute atomic E-state index is 13.6. The van der Waals surface area contributed by atoms with Crippen molar-refractivity contribution in [3.63, 3.8) is 0 Å². The summed E-state index contributed by atoms with van der Waals surface area (Å²) in [6, 6.07) is 15.7. The van der Waals surface area contributed by atoms with Gasteiger partial charge >= 0.3 is 0 Å². The topological polar surface area (TPSA) is 26.3 Å². The van der Waals surface area contributed by atoms with Crippen molar-refractivity contribution in [3.8, 4) is 5.75 Å². The molecule has 0 aliphatic rings. The number of rotatable bonds is 3. The lowest BCUT2D eigenvalue weighted by Gasteiger charge is -2.06. The molecule has 0 heterocycles. The van der Waals surface area contributed by atoms with Gasteiger partial charge in [0.25, 0.3) is 0 Å². The van der Waals surface area contributed by atoms with Gasteiger partial charge in [0.1, 0.15) is 11.6 Å². The van der Waals surface area contributed by atoms with Crippen LogP contribution in [0.5, 0.6) is 5.75 Å². The zero-order valence-electron chi connectivity index (χ0n) is 12.4. The van der Waals surface area contributed by atoms with Gasteiger partial charge in [-0.15, -0.1) is 0 Å². The number of benzene rings is 3. The van der Waals surface area contributed by atoms with Crippen LogP contribution in [-0.2, 0) is 0 Å². The average Bonchev–Trinajstić information content (AvgIpc) is 2.55. The molecule has 0 saturated heterocycles. The Labute approximate surface area is 128 Å². The molecule has 0 unspecified atom stereocenters. The van der Waals surface area contributed by atoms with Crippen LogP contribution in [0.15, 0.2) is 54.6 Å². The predicted molar refractivity (Wildman–Crippen MR) is 85.1 cm³/mol. The lowest BCUT2D eigenvalue weighted by Crippen LogP contribution is -2.02. The van der Waals surface area contributed by atoms with Crippen LogP contribution in [-0.4, -0.2) is 12.9 Å². The van der Waals surface area contributed by atoms with Crippen LogP contribution in [0.3, 0.4) is 0 Å². The highest BCUT2D eigenvalue weighted by atomic mass is 19.1. The first-order valence-electron chi connectivity index (χ1n) is 6.97. The Morgan fingerprint density at radius 1 is 0.909 bits per heavy atom. The van der Waals surface area contributed by atoms with Crippen LogP contribution in [0.1, 0.15) is 21.5 Å². The van der Waals surface area contributed by atoms with Crippen molar-refractivity contribution in [1.82, 2.24) is 0 Å². The van der Waals surface area contributed by atoms with Gasteiger partial charge in [-0.25, -0.2) is 4.39 Å². The van der Waals surface area contributed by atoms with Gasteiger partial charge < -0.3 is 4.74 Å². The highest BCUT2D eigenvalue weighted by Gasteiger charge is 2.11. The predicted octanol–water partition coefficient (Wildman–Crippen LogP) is 4.53. The largest absolute Gasteiger partial charge is 0.497 e. The number of hydrogen-bond acceptors (Lipinski definition) is 2. The molecule has 0 aliphatic heterocycles. The molecule has 0 aliphatic carbocycles. The first kappa shape index (κ1) is 14.3. The van der Waals surface area contributed by atoms with Gasteiger partial charge in [0.15, 0.2) is 5.78 Å². The third kappa shape index (κ3) is 2.58. The van der Waals surface area contributed by atoms with E-state index in [0.29, 0.717) is 16.7 Å². The van der Waals surface area contributed by atoms with Crippen LogP contribution < -0.4 is 4.74 Å². The minimum absolute atomic E-state index is 0.184. The summed E-state index contributed by atoms with van der Waals surface area (Å²) in [5.41, 5.74) is 1.43. The molecule has 0 radical (unpaired) electrons. The summed E-state index contributed by atoms with van der Waals surface area (Å²) in [7, 11) is 1.62. The van der Waals surface area contributed by atoms with E-state index in [1.54, 1.807) is 32.2 Å². The normalized spacial score (nSPS) is 10.7. The van der Waals surface area contributed by atoms with Crippen molar-refractivity contribution < 1.29 is 13.9 Å². The average molecular weight is 294 g/mol. The quantitative estimate of drug-likeness (QED) is 0.663. The molecule has 0 saturated carbocycles. The van der Waals surface area contributed by atoms with Crippen molar-refractivity contribution in [2.45, 2.75) is 6.92 Å². The Morgan fingerprint density at radius 2 is 1.55 bits per heavy atom. The summed E-state index contributed by atoms with van der Waals surface area (Å²) in [5, 5.41) is 1.94. The zero-order valence-corrected chi connectivity index (χ0v) is 12.4. The van der Waals surface area contributed by atoms with E-state index in [1.165, 1.54) is 6.07 Å². The van der Waals surface area contributed by atoms with E-state index >= 15 is 0 Å². The van der Waals surface area contributed by atoms with E-state index in [0.717, 1.165) is 16.5 Å². The number of aryl methyl sites for hydroxylation is 1. The van der Waals surface area contributed by atoms with Crippen LogP contribution in [0.2, 0.25) is 0 Å². The zero-order chi connectivity index (χ0) is 15.7. The van der Waals surface area contributed by atoms with Gasteiger partial charge in [-0.2, -0.15) is 0 Å². The minimum Gasteiger partial charge on any atom is -0.497 e. The van der Waals surface area contributed by atoms with Crippen molar-refractivity contribution in [2.75, 3.05) is 7.11 Å². The fraction of sp³-hybridized carbons (Fsp3) is 0.105. The molecule has 3 aromatic carbocycles. The van der Waals surface area contributed by atoms with Crippen LogP contribution in [0.4, 0.5) is 4.39 Å². The smallest absolute Gasteiger partial charge is 0.193 e. The molecule has 22 heavy (non-hydrogen) atoms. The number of fused-ring (bicyclic) bond motifs is 1. The Kier molecular flexibility index (Phi) is 3.63. The second kappa shape index (κ2) is 5.60. The highest BCUT2D eigenvalue weighted by molar-refractivity contribution is 6.10. The van der Waals surface area contributed by atoms with Crippen molar-refractivity contribution in [1.29, 1.82) is 0 Å². The van der Waals surface area contributed by atoms with Gasteiger partial charge in [0, 0.05) is 11.1 Å². The SMILES string of the molecule is COc1ccc2cc(C(=O)c3ccc(C)c(F)c3)ccc2c1. The van der Waals surface area contributed by atoms with Gasteiger partial charge in [-0.3, -0.25) is 4.79 Å². The molecule has 0 spiro atoms. The van der Waals surface area contributed by atoms with Crippen molar-refractivity contribution in [3.05, 3.63) is 77.1 Å². The molecule has 3 heteroatoms. The fourth-order valence-corrected chi connectivity index (χ4v) is 2.39. The second-order valence-electron chi connectivity index (χ2n) is 5.22. The van der Waals surface area contributed by atoms with Gasteiger partial charge in [-0.05, 0) is 47.5 Å². The lowest BCUT2D eigenvalue weighted by atomic mass is 9.99. The summed E-state index contributed by atoms with van der Waals surface area (Å²) in [6.07, 6.45) is 0. The molecule has 0 fully saturated rings. The molecule has 3 rings (SSSR count). The van der Waals surface area contributed by atoms with Gasteiger partial charge in [0.2, 0.25) is 0 Å². The standard InChI is InChI=1S/C19H15FO2/c1-12-3-4-16(11-18(12)20)19(21)15-6-5-14-10-17(22-2)8-7-13(14)9-15/h3-11H,1-2H3. The number of carbonyl (C=O) groups is 1.